The van der Waals surface area contributed by atoms with Crippen LogP contribution in [0.5, 0.6) is 0 Å². The Morgan fingerprint density at radius 3 is 1.78 bits per heavy atom. The van der Waals surface area contributed by atoms with Gasteiger partial charge in [-0.25, -0.2) is 0 Å². The third kappa shape index (κ3) is 4.74. The lowest BCUT2D eigenvalue weighted by molar-refractivity contribution is 0.670. The summed E-state index contributed by atoms with van der Waals surface area (Å²) in [5, 5.41) is 4.60. The molecule has 0 N–H and O–H groups in total. The molecule has 0 unspecified atom stereocenters. The van der Waals surface area contributed by atoms with Crippen LogP contribution in [-0.2, 0) is 0 Å². The predicted molar refractivity (Wildman–Crippen MR) is 214 cm³/mol. The van der Waals surface area contributed by atoms with Crippen LogP contribution in [0.15, 0.2) is 199 Å². The summed E-state index contributed by atoms with van der Waals surface area (Å²) in [6, 6.07) is 68.9. The zero-order valence-electron chi connectivity index (χ0n) is 27.8. The van der Waals surface area contributed by atoms with E-state index in [2.05, 4.69) is 204 Å². The highest BCUT2D eigenvalue weighted by molar-refractivity contribution is 6.22. The van der Waals surface area contributed by atoms with Crippen LogP contribution in [0.4, 0.5) is 17.1 Å². The first-order chi connectivity index (χ1) is 25.3. The molecule has 51 heavy (non-hydrogen) atoms. The first-order valence-corrected chi connectivity index (χ1v) is 17.4. The number of nitrogens with zero attached hydrogens (tertiary/aromatic N) is 2. The fraction of sp³-hybridized carbons (Fsp3) is 0. The van der Waals surface area contributed by atoms with Crippen LogP contribution in [0.25, 0.3) is 71.7 Å². The smallest absolute Gasteiger partial charge is 0.145 e. The summed E-state index contributed by atoms with van der Waals surface area (Å²) in [5.74, 6) is 0. The number of aromatic nitrogens is 1. The van der Waals surface area contributed by atoms with Crippen molar-refractivity contribution < 1.29 is 4.42 Å². The minimum atomic E-state index is 0.868. The fourth-order valence-electron chi connectivity index (χ4n) is 7.75. The maximum absolute atomic E-state index is 6.90. The third-order valence-corrected chi connectivity index (χ3v) is 9.99. The van der Waals surface area contributed by atoms with E-state index in [0.717, 1.165) is 61.3 Å². The summed E-state index contributed by atoms with van der Waals surface area (Å²) in [6.45, 7) is 0. The van der Waals surface area contributed by atoms with Crippen LogP contribution in [0.2, 0.25) is 0 Å². The van der Waals surface area contributed by atoms with Crippen molar-refractivity contribution in [2.24, 2.45) is 0 Å². The molecule has 0 bridgehead atoms. The molecule has 2 heterocycles. The van der Waals surface area contributed by atoms with E-state index in [1.807, 2.05) is 0 Å². The number of para-hydroxylation sites is 4. The van der Waals surface area contributed by atoms with Gasteiger partial charge >= 0.3 is 0 Å². The van der Waals surface area contributed by atoms with E-state index in [1.165, 1.54) is 27.4 Å². The van der Waals surface area contributed by atoms with Crippen molar-refractivity contribution in [2.75, 3.05) is 4.90 Å². The van der Waals surface area contributed by atoms with Crippen molar-refractivity contribution in [3.8, 4) is 27.9 Å². The van der Waals surface area contributed by atoms with E-state index in [-0.39, 0.29) is 0 Å². The van der Waals surface area contributed by atoms with E-state index >= 15 is 0 Å². The lowest BCUT2D eigenvalue weighted by Crippen LogP contribution is -2.10. The Morgan fingerprint density at radius 1 is 0.392 bits per heavy atom. The van der Waals surface area contributed by atoms with Crippen molar-refractivity contribution in [2.45, 2.75) is 0 Å². The Morgan fingerprint density at radius 2 is 1.00 bits per heavy atom. The lowest BCUT2D eigenvalue weighted by atomic mass is 9.96. The molecular formula is C48H32N2O. The highest BCUT2D eigenvalue weighted by atomic mass is 16.3. The van der Waals surface area contributed by atoms with Crippen LogP contribution in [0.3, 0.4) is 0 Å². The molecule has 8 aromatic carbocycles. The molecule has 0 atom stereocenters. The molecule has 3 nitrogen and oxygen atoms in total. The van der Waals surface area contributed by atoms with Crippen molar-refractivity contribution >= 4 is 60.8 Å². The standard InChI is InChI=1S/C48H32N2O/c1-4-15-33(16-5-1)34-27-29-37(30-28-34)49(35-17-6-2-7-18-35)44-32-31-39(48-47(44)41-22-11-13-26-45(41)51-48)38-23-14-25-43-46(38)40-21-10-12-24-42(40)50(43)36-19-8-3-9-20-36/h1-32H. The summed E-state index contributed by atoms with van der Waals surface area (Å²) >= 11 is 0. The van der Waals surface area contributed by atoms with E-state index < -0.39 is 0 Å². The van der Waals surface area contributed by atoms with Crippen molar-refractivity contribution in [3.05, 3.63) is 194 Å². The number of anilines is 3. The van der Waals surface area contributed by atoms with Gasteiger partial charge in [-0.2, -0.15) is 0 Å². The van der Waals surface area contributed by atoms with Crippen LogP contribution in [-0.4, -0.2) is 4.57 Å². The minimum Gasteiger partial charge on any atom is -0.455 e. The van der Waals surface area contributed by atoms with Gasteiger partial charge in [0.05, 0.1) is 22.1 Å². The maximum atomic E-state index is 6.90. The average molecular weight is 653 g/mol. The first kappa shape index (κ1) is 29.1. The number of furan rings is 1. The molecular weight excluding hydrogens is 621 g/mol. The monoisotopic (exact) mass is 652 g/mol. The van der Waals surface area contributed by atoms with E-state index in [1.54, 1.807) is 0 Å². The highest BCUT2D eigenvalue weighted by Gasteiger charge is 2.24. The third-order valence-electron chi connectivity index (χ3n) is 9.99. The van der Waals surface area contributed by atoms with Gasteiger partial charge in [-0.15, -0.1) is 0 Å². The van der Waals surface area contributed by atoms with Crippen LogP contribution in [0, 0.1) is 0 Å². The second kappa shape index (κ2) is 11.9. The Bertz CT molecular complexity index is 2830. The molecule has 0 aliphatic rings. The van der Waals surface area contributed by atoms with E-state index in [4.69, 9.17) is 4.42 Å². The fourth-order valence-corrected chi connectivity index (χ4v) is 7.75. The molecule has 0 saturated carbocycles. The van der Waals surface area contributed by atoms with Crippen LogP contribution >= 0.6 is 0 Å². The molecule has 0 amide bonds. The largest absolute Gasteiger partial charge is 0.455 e. The highest BCUT2D eigenvalue weighted by Crippen LogP contribution is 2.48. The van der Waals surface area contributed by atoms with Gasteiger partial charge in [0, 0.05) is 38.8 Å². The lowest BCUT2D eigenvalue weighted by Gasteiger charge is -2.27. The van der Waals surface area contributed by atoms with Gasteiger partial charge in [-0.1, -0.05) is 127 Å². The van der Waals surface area contributed by atoms with Crippen molar-refractivity contribution in [1.82, 2.24) is 4.57 Å². The molecule has 2 aromatic heterocycles. The van der Waals surface area contributed by atoms with Gasteiger partial charge in [0.2, 0.25) is 0 Å². The average Bonchev–Trinajstić information content (AvgIpc) is 3.76. The zero-order chi connectivity index (χ0) is 33.7. The zero-order valence-corrected chi connectivity index (χ0v) is 27.8. The number of benzene rings is 8. The first-order valence-electron chi connectivity index (χ1n) is 17.4. The summed E-state index contributed by atoms with van der Waals surface area (Å²) in [4.78, 5) is 2.35. The Hall–Kier alpha value is -6.84. The Labute approximate surface area is 295 Å². The number of rotatable bonds is 6. The predicted octanol–water partition coefficient (Wildman–Crippen LogP) is 13.5. The van der Waals surface area contributed by atoms with Crippen LogP contribution < -0.4 is 4.90 Å². The van der Waals surface area contributed by atoms with Gasteiger partial charge in [0.25, 0.3) is 0 Å². The second-order valence-corrected chi connectivity index (χ2v) is 12.9. The number of hydrogen-bond acceptors (Lipinski definition) is 2. The molecule has 0 aliphatic carbocycles. The quantitative estimate of drug-likeness (QED) is 0.178. The van der Waals surface area contributed by atoms with E-state index in [9.17, 15) is 0 Å². The van der Waals surface area contributed by atoms with Crippen molar-refractivity contribution in [3.63, 3.8) is 0 Å². The molecule has 10 aromatic rings. The Kier molecular flexibility index (Phi) is 6.81. The topological polar surface area (TPSA) is 21.3 Å². The SMILES string of the molecule is c1ccc(-c2ccc(N(c3ccccc3)c3ccc(-c4cccc5c4c4ccccc4n5-c4ccccc4)c4oc5ccccc5c34)cc2)cc1. The molecule has 0 saturated heterocycles. The number of hydrogen-bond donors (Lipinski definition) is 0. The molecule has 0 spiro atoms. The molecule has 240 valence electrons. The maximum Gasteiger partial charge on any atom is 0.145 e. The van der Waals surface area contributed by atoms with Gasteiger partial charge in [0.15, 0.2) is 0 Å². The summed E-state index contributed by atoms with van der Waals surface area (Å²) < 4.78 is 9.27. The summed E-state index contributed by atoms with van der Waals surface area (Å²) in [6.07, 6.45) is 0. The number of fused-ring (bicyclic) bond motifs is 6. The normalized spacial score (nSPS) is 11.5. The molecule has 10 rings (SSSR count). The van der Waals surface area contributed by atoms with Gasteiger partial charge in [-0.3, -0.25) is 0 Å². The Balaban J connectivity index is 1.24. The molecule has 0 radical (unpaired) electrons. The minimum absolute atomic E-state index is 0.868. The summed E-state index contributed by atoms with van der Waals surface area (Å²) in [5.41, 5.74) is 13.0. The summed E-state index contributed by atoms with van der Waals surface area (Å²) in [7, 11) is 0. The van der Waals surface area contributed by atoms with Gasteiger partial charge in [0.1, 0.15) is 11.2 Å². The van der Waals surface area contributed by atoms with Gasteiger partial charge < -0.3 is 13.9 Å². The van der Waals surface area contributed by atoms with E-state index in [0.29, 0.717) is 0 Å². The van der Waals surface area contributed by atoms with Gasteiger partial charge in [-0.05, 0) is 83.4 Å². The van der Waals surface area contributed by atoms with Crippen LogP contribution in [0.1, 0.15) is 0 Å². The molecule has 3 heteroatoms. The van der Waals surface area contributed by atoms with Crippen molar-refractivity contribution in [1.29, 1.82) is 0 Å². The second-order valence-electron chi connectivity index (χ2n) is 12.9. The molecule has 0 aliphatic heterocycles. The molecule has 0 fully saturated rings.